The third kappa shape index (κ3) is 4.42. The van der Waals surface area contributed by atoms with Crippen molar-refractivity contribution in [1.82, 2.24) is 5.32 Å². The zero-order valence-corrected chi connectivity index (χ0v) is 19.3. The number of carbonyl (C=O) groups excluding carboxylic acids is 1. The van der Waals surface area contributed by atoms with E-state index in [4.69, 9.17) is 0 Å². The maximum atomic E-state index is 12.9. The molecule has 0 unspecified atom stereocenters. The Kier molecular flexibility index (Phi) is 6.49. The molecule has 1 saturated heterocycles. The third-order valence-electron chi connectivity index (χ3n) is 3.85. The van der Waals surface area contributed by atoms with Crippen molar-refractivity contribution in [3.8, 4) is 0 Å². The number of halogens is 4. The van der Waals surface area contributed by atoms with Crippen molar-refractivity contribution >= 4 is 81.7 Å². The van der Waals surface area contributed by atoms with Crippen LogP contribution in [0.25, 0.3) is 12.2 Å². The predicted molar refractivity (Wildman–Crippen MR) is 118 cm³/mol. The number of benzene rings is 2. The highest BCUT2D eigenvalue weighted by atomic mass is 79.9. The molecule has 1 aliphatic rings. The van der Waals surface area contributed by atoms with Crippen LogP contribution in [0, 0.1) is 0 Å². The van der Waals surface area contributed by atoms with Crippen molar-refractivity contribution in [3.63, 3.8) is 0 Å². The van der Waals surface area contributed by atoms with Crippen LogP contribution in [0.1, 0.15) is 11.1 Å². The summed E-state index contributed by atoms with van der Waals surface area (Å²) in [5, 5.41) is 3.32. The van der Waals surface area contributed by atoms with Crippen molar-refractivity contribution in [2.24, 2.45) is 0 Å². The SMILES string of the molecule is O=C1/C(=C/c2c(Br)cccc2Br)CNC/C1=C\c1c(Br)cccc1Br. The number of Topliss-reactive ketones (excluding diaryl/α,β-unsaturated/α-hetero) is 1. The van der Waals surface area contributed by atoms with Crippen LogP contribution in [0.5, 0.6) is 0 Å². The van der Waals surface area contributed by atoms with Crippen molar-refractivity contribution in [2.45, 2.75) is 0 Å². The van der Waals surface area contributed by atoms with Crippen molar-refractivity contribution in [3.05, 3.63) is 76.6 Å². The van der Waals surface area contributed by atoms with E-state index in [1.165, 1.54) is 0 Å². The Bertz CT molecular complexity index is 790. The minimum Gasteiger partial charge on any atom is -0.308 e. The molecule has 2 nitrogen and oxygen atoms in total. The zero-order chi connectivity index (χ0) is 18.0. The van der Waals surface area contributed by atoms with Gasteiger partial charge in [0, 0.05) is 53.3 Å². The van der Waals surface area contributed by atoms with E-state index in [1.807, 2.05) is 48.6 Å². The van der Waals surface area contributed by atoms with Gasteiger partial charge in [0.25, 0.3) is 0 Å². The zero-order valence-electron chi connectivity index (χ0n) is 13.0. The lowest BCUT2D eigenvalue weighted by molar-refractivity contribution is -0.112. The van der Waals surface area contributed by atoms with Gasteiger partial charge in [-0.15, -0.1) is 0 Å². The number of hydrogen-bond acceptors (Lipinski definition) is 2. The molecular formula is C19H13Br4NO. The number of hydrogen-bond donors (Lipinski definition) is 1. The quantitative estimate of drug-likeness (QED) is 0.412. The molecule has 25 heavy (non-hydrogen) atoms. The van der Waals surface area contributed by atoms with E-state index >= 15 is 0 Å². The highest BCUT2D eigenvalue weighted by Crippen LogP contribution is 2.30. The van der Waals surface area contributed by atoms with E-state index in [0.29, 0.717) is 13.1 Å². The first-order valence-corrected chi connectivity index (χ1v) is 10.7. The molecule has 1 aliphatic heterocycles. The van der Waals surface area contributed by atoms with E-state index in [1.54, 1.807) is 0 Å². The Labute approximate surface area is 180 Å². The van der Waals surface area contributed by atoms with E-state index in [9.17, 15) is 4.79 Å². The van der Waals surface area contributed by atoms with E-state index in [-0.39, 0.29) is 5.78 Å². The minimum absolute atomic E-state index is 0.0732. The molecule has 6 heteroatoms. The molecule has 0 amide bonds. The van der Waals surface area contributed by atoms with E-state index in [0.717, 1.165) is 40.2 Å². The van der Waals surface area contributed by atoms with Gasteiger partial charge in [-0.1, -0.05) is 75.9 Å². The topological polar surface area (TPSA) is 29.1 Å². The van der Waals surface area contributed by atoms with Crippen LogP contribution in [0.4, 0.5) is 0 Å². The molecule has 1 fully saturated rings. The Balaban J connectivity index is 1.99. The first-order valence-electron chi connectivity index (χ1n) is 7.52. The second-order valence-electron chi connectivity index (χ2n) is 5.54. The van der Waals surface area contributed by atoms with Gasteiger partial charge in [0.1, 0.15) is 0 Å². The Morgan fingerprint density at radius 2 is 1.08 bits per heavy atom. The maximum Gasteiger partial charge on any atom is 0.187 e. The first-order chi connectivity index (χ1) is 12.0. The van der Waals surface area contributed by atoms with Gasteiger partial charge >= 0.3 is 0 Å². The highest BCUT2D eigenvalue weighted by Gasteiger charge is 2.21. The fourth-order valence-corrected chi connectivity index (χ4v) is 5.03. The number of carbonyl (C=O) groups is 1. The fraction of sp³-hybridized carbons (Fsp3) is 0.105. The van der Waals surface area contributed by atoms with Gasteiger partial charge in [0.2, 0.25) is 0 Å². The summed E-state index contributed by atoms with van der Waals surface area (Å²) in [5.74, 6) is 0.0732. The molecule has 0 radical (unpaired) electrons. The van der Waals surface area contributed by atoms with Crippen LogP contribution < -0.4 is 5.32 Å². The maximum absolute atomic E-state index is 12.9. The summed E-state index contributed by atoms with van der Waals surface area (Å²) in [4.78, 5) is 12.9. The van der Waals surface area contributed by atoms with Gasteiger partial charge < -0.3 is 5.32 Å². The minimum atomic E-state index is 0.0732. The first kappa shape index (κ1) is 19.2. The molecule has 2 aromatic rings. The summed E-state index contributed by atoms with van der Waals surface area (Å²) < 4.78 is 3.80. The van der Waals surface area contributed by atoms with Crippen LogP contribution in [0.15, 0.2) is 65.4 Å². The fourth-order valence-electron chi connectivity index (χ4n) is 2.58. The summed E-state index contributed by atoms with van der Waals surface area (Å²) in [7, 11) is 0. The monoisotopic (exact) mass is 587 g/mol. The lowest BCUT2D eigenvalue weighted by Crippen LogP contribution is -2.32. The summed E-state index contributed by atoms with van der Waals surface area (Å²) in [5.41, 5.74) is 3.42. The van der Waals surface area contributed by atoms with Crippen molar-refractivity contribution < 1.29 is 4.79 Å². The summed E-state index contributed by atoms with van der Waals surface area (Å²) in [6.45, 7) is 1.11. The summed E-state index contributed by atoms with van der Waals surface area (Å²) in [6.07, 6.45) is 3.87. The molecular weight excluding hydrogens is 578 g/mol. The molecule has 0 aromatic heterocycles. The average Bonchev–Trinajstić information content (AvgIpc) is 2.57. The smallest absolute Gasteiger partial charge is 0.187 e. The van der Waals surface area contributed by atoms with Gasteiger partial charge in [-0.05, 0) is 36.4 Å². The number of ketones is 1. The third-order valence-corrected chi connectivity index (χ3v) is 6.62. The number of rotatable bonds is 2. The van der Waals surface area contributed by atoms with Gasteiger partial charge in [0.05, 0.1) is 0 Å². The normalized spacial score (nSPS) is 18.2. The van der Waals surface area contributed by atoms with Gasteiger partial charge in [-0.25, -0.2) is 0 Å². The van der Waals surface area contributed by atoms with Crippen molar-refractivity contribution in [2.75, 3.05) is 13.1 Å². The Morgan fingerprint density at radius 3 is 1.44 bits per heavy atom. The second kappa shape index (κ2) is 8.44. The van der Waals surface area contributed by atoms with Crippen LogP contribution in [-0.4, -0.2) is 18.9 Å². The molecule has 0 atom stereocenters. The molecule has 1 N–H and O–H groups in total. The standard InChI is InChI=1S/C19H13Br4NO/c20-15-3-1-4-16(21)13(15)7-11-9-24-10-12(19(11)25)8-14-17(22)5-2-6-18(14)23/h1-8,24H,9-10H2/b11-7+,12-8+. The summed E-state index contributed by atoms with van der Waals surface area (Å²) >= 11 is 14.2. The van der Waals surface area contributed by atoms with E-state index < -0.39 is 0 Å². The molecule has 0 aliphatic carbocycles. The molecule has 0 saturated carbocycles. The molecule has 2 aromatic carbocycles. The van der Waals surface area contributed by atoms with Crippen LogP contribution in [-0.2, 0) is 4.79 Å². The van der Waals surface area contributed by atoms with Crippen LogP contribution in [0.3, 0.4) is 0 Å². The van der Waals surface area contributed by atoms with Crippen molar-refractivity contribution in [1.29, 1.82) is 0 Å². The largest absolute Gasteiger partial charge is 0.308 e. The highest BCUT2D eigenvalue weighted by molar-refractivity contribution is 9.11. The van der Waals surface area contributed by atoms with Crippen LogP contribution in [0.2, 0.25) is 0 Å². The number of piperidine rings is 1. The Morgan fingerprint density at radius 1 is 0.720 bits per heavy atom. The summed E-state index contributed by atoms with van der Waals surface area (Å²) in [6, 6.07) is 11.8. The van der Waals surface area contributed by atoms with Gasteiger partial charge in [-0.2, -0.15) is 0 Å². The lowest BCUT2D eigenvalue weighted by Gasteiger charge is -2.19. The van der Waals surface area contributed by atoms with E-state index in [2.05, 4.69) is 69.0 Å². The molecule has 3 rings (SSSR count). The molecule has 0 bridgehead atoms. The second-order valence-corrected chi connectivity index (χ2v) is 8.96. The lowest BCUT2D eigenvalue weighted by atomic mass is 9.95. The predicted octanol–water partition coefficient (Wildman–Crippen LogP) is 6.38. The van der Waals surface area contributed by atoms with Crippen LogP contribution >= 0.6 is 63.7 Å². The average molecular weight is 591 g/mol. The Hall–Kier alpha value is -0.530. The molecule has 1 heterocycles. The number of nitrogens with one attached hydrogen (secondary N) is 1. The molecule has 0 spiro atoms. The molecule has 128 valence electrons. The van der Waals surface area contributed by atoms with Gasteiger partial charge in [0.15, 0.2) is 5.78 Å². The van der Waals surface area contributed by atoms with Gasteiger partial charge in [-0.3, -0.25) is 4.79 Å².